The molecule has 96 valence electrons. The minimum Gasteiger partial charge on any atom is -0.399 e. The van der Waals surface area contributed by atoms with Crippen LogP contribution >= 0.6 is 11.8 Å². The molecule has 2 aromatic rings. The number of nitrogen functional groups attached to an aromatic ring is 1. The highest BCUT2D eigenvalue weighted by Gasteiger charge is 2.24. The van der Waals surface area contributed by atoms with Crippen molar-refractivity contribution >= 4 is 23.1 Å². The Kier molecular flexibility index (Phi) is 2.71. The van der Waals surface area contributed by atoms with Gasteiger partial charge in [0.2, 0.25) is 0 Å². The summed E-state index contributed by atoms with van der Waals surface area (Å²) in [5.74, 6) is 0. The number of anilines is 1. The van der Waals surface area contributed by atoms with Crippen molar-refractivity contribution in [2.24, 2.45) is 0 Å². The van der Waals surface area contributed by atoms with Crippen LogP contribution in [-0.4, -0.2) is 11.2 Å². The first-order valence-corrected chi connectivity index (χ1v) is 7.06. The Morgan fingerprint density at radius 1 is 1.21 bits per heavy atom. The molecule has 3 rings (SSSR count). The lowest BCUT2D eigenvalue weighted by molar-refractivity contribution is -0.387. The molecule has 0 bridgehead atoms. The monoisotopic (exact) mass is 272 g/mol. The maximum Gasteiger partial charge on any atom is 0.283 e. The van der Waals surface area contributed by atoms with Gasteiger partial charge in [-0.15, -0.1) is 11.8 Å². The van der Waals surface area contributed by atoms with E-state index in [1.807, 2.05) is 30.5 Å². The van der Waals surface area contributed by atoms with Crippen molar-refractivity contribution in [3.63, 3.8) is 0 Å². The summed E-state index contributed by atoms with van der Waals surface area (Å²) in [7, 11) is 0. The highest BCUT2D eigenvalue weighted by molar-refractivity contribution is 7.98. The summed E-state index contributed by atoms with van der Waals surface area (Å²) in [6.45, 7) is 0. The third kappa shape index (κ3) is 1.86. The quantitative estimate of drug-likeness (QED) is 0.335. The van der Waals surface area contributed by atoms with Gasteiger partial charge in [-0.3, -0.25) is 10.1 Å². The lowest BCUT2D eigenvalue weighted by Gasteiger charge is -2.05. The van der Waals surface area contributed by atoms with Crippen LogP contribution in [0.4, 0.5) is 11.4 Å². The van der Waals surface area contributed by atoms with Crippen LogP contribution in [0.2, 0.25) is 0 Å². The zero-order valence-electron chi connectivity index (χ0n) is 10.3. The van der Waals surface area contributed by atoms with E-state index >= 15 is 0 Å². The molecule has 0 aliphatic heterocycles. The van der Waals surface area contributed by atoms with Gasteiger partial charge < -0.3 is 5.73 Å². The summed E-state index contributed by atoms with van der Waals surface area (Å²) < 4.78 is 0. The Morgan fingerprint density at radius 3 is 2.63 bits per heavy atom. The molecular formula is C14H12N2O2S. The maximum atomic E-state index is 11.1. The highest BCUT2D eigenvalue weighted by Crippen LogP contribution is 2.42. The largest absolute Gasteiger partial charge is 0.399 e. The fourth-order valence-electron chi connectivity index (χ4n) is 2.54. The summed E-state index contributed by atoms with van der Waals surface area (Å²) in [6.07, 6.45) is 2.57. The van der Waals surface area contributed by atoms with Crippen LogP contribution in [-0.2, 0) is 6.42 Å². The van der Waals surface area contributed by atoms with Crippen molar-refractivity contribution in [1.29, 1.82) is 0 Å². The van der Waals surface area contributed by atoms with Gasteiger partial charge >= 0.3 is 0 Å². The molecule has 0 atom stereocenters. The van der Waals surface area contributed by atoms with Gasteiger partial charge in [-0.05, 0) is 53.1 Å². The molecule has 4 nitrogen and oxygen atoms in total. The number of thioether (sulfide) groups is 1. The number of nitro benzene ring substituents is 1. The fraction of sp³-hybridized carbons (Fsp3) is 0.143. The summed E-state index contributed by atoms with van der Waals surface area (Å²) in [6, 6.07) is 9.41. The number of nitrogens with zero attached hydrogens (tertiary/aromatic N) is 1. The summed E-state index contributed by atoms with van der Waals surface area (Å²) in [4.78, 5) is 11.5. The Morgan fingerprint density at radius 2 is 1.95 bits per heavy atom. The zero-order valence-corrected chi connectivity index (χ0v) is 11.2. The van der Waals surface area contributed by atoms with E-state index < -0.39 is 0 Å². The molecule has 0 saturated heterocycles. The number of nitro groups is 1. The van der Waals surface area contributed by atoms with Crippen LogP contribution in [0.15, 0.2) is 35.2 Å². The first-order chi connectivity index (χ1) is 9.10. The second-order valence-corrected chi connectivity index (χ2v) is 5.38. The average molecular weight is 272 g/mol. The van der Waals surface area contributed by atoms with Gasteiger partial charge in [-0.2, -0.15) is 0 Å². The first kappa shape index (κ1) is 12.0. The van der Waals surface area contributed by atoms with E-state index in [1.54, 1.807) is 6.07 Å². The van der Waals surface area contributed by atoms with E-state index in [4.69, 9.17) is 5.73 Å². The number of rotatable bonds is 2. The third-order valence-electron chi connectivity index (χ3n) is 3.40. The SMILES string of the molecule is CSc1cc2c(cc1[N+](=O)[O-])Cc1cc(N)ccc1-2. The molecule has 0 saturated carbocycles. The normalized spacial score (nSPS) is 12.1. The number of hydrogen-bond donors (Lipinski definition) is 1. The van der Waals surface area contributed by atoms with Crippen molar-refractivity contribution < 1.29 is 4.92 Å². The van der Waals surface area contributed by atoms with Crippen molar-refractivity contribution in [3.05, 3.63) is 51.6 Å². The van der Waals surface area contributed by atoms with Crippen molar-refractivity contribution in [2.75, 3.05) is 12.0 Å². The van der Waals surface area contributed by atoms with E-state index in [0.717, 1.165) is 27.9 Å². The topological polar surface area (TPSA) is 69.2 Å². The lowest BCUT2D eigenvalue weighted by Crippen LogP contribution is -1.93. The molecule has 0 spiro atoms. The van der Waals surface area contributed by atoms with E-state index in [0.29, 0.717) is 11.3 Å². The zero-order chi connectivity index (χ0) is 13.6. The van der Waals surface area contributed by atoms with Gasteiger partial charge in [-0.25, -0.2) is 0 Å². The number of hydrogen-bond acceptors (Lipinski definition) is 4. The molecule has 19 heavy (non-hydrogen) atoms. The maximum absolute atomic E-state index is 11.1. The molecule has 0 unspecified atom stereocenters. The molecule has 2 N–H and O–H groups in total. The van der Waals surface area contributed by atoms with Gasteiger partial charge in [0.25, 0.3) is 5.69 Å². The second-order valence-electron chi connectivity index (χ2n) is 4.53. The van der Waals surface area contributed by atoms with Gasteiger partial charge in [0, 0.05) is 11.8 Å². The summed E-state index contributed by atoms with van der Waals surface area (Å²) >= 11 is 1.40. The van der Waals surface area contributed by atoms with E-state index in [9.17, 15) is 10.1 Å². The lowest BCUT2D eigenvalue weighted by atomic mass is 10.1. The van der Waals surface area contributed by atoms with Gasteiger partial charge in [0.15, 0.2) is 0 Å². The Bertz CT molecular complexity index is 698. The molecule has 0 heterocycles. The van der Waals surface area contributed by atoms with Crippen molar-refractivity contribution in [3.8, 4) is 11.1 Å². The van der Waals surface area contributed by atoms with Gasteiger partial charge in [0.05, 0.1) is 9.82 Å². The standard InChI is InChI=1S/C14H12N2O2S/c1-19-14-7-12-9(6-13(14)16(17)18)4-8-5-10(15)2-3-11(8)12/h2-3,5-7H,4,15H2,1H3. The number of fused-ring (bicyclic) bond motifs is 3. The fourth-order valence-corrected chi connectivity index (χ4v) is 3.12. The molecule has 0 amide bonds. The van der Waals surface area contributed by atoms with Crippen LogP contribution in [0.25, 0.3) is 11.1 Å². The molecule has 5 heteroatoms. The first-order valence-electron chi connectivity index (χ1n) is 5.84. The van der Waals surface area contributed by atoms with E-state index in [1.165, 1.54) is 11.8 Å². The molecule has 2 aromatic carbocycles. The highest BCUT2D eigenvalue weighted by atomic mass is 32.2. The molecule has 0 fully saturated rings. The van der Waals surface area contributed by atoms with E-state index in [-0.39, 0.29) is 10.6 Å². The van der Waals surface area contributed by atoms with E-state index in [2.05, 4.69) is 0 Å². The Balaban J connectivity index is 2.21. The van der Waals surface area contributed by atoms with Crippen LogP contribution in [0.1, 0.15) is 11.1 Å². The minimum atomic E-state index is -0.316. The predicted octanol–water partition coefficient (Wildman–Crippen LogP) is 3.47. The van der Waals surface area contributed by atoms with Crippen LogP contribution in [0.3, 0.4) is 0 Å². The molecule has 1 aliphatic carbocycles. The van der Waals surface area contributed by atoms with Crippen LogP contribution in [0.5, 0.6) is 0 Å². The van der Waals surface area contributed by atoms with Crippen LogP contribution in [0, 0.1) is 10.1 Å². The number of benzene rings is 2. The Hall–Kier alpha value is -2.01. The summed E-state index contributed by atoms with van der Waals surface area (Å²) in [5, 5.41) is 11.1. The van der Waals surface area contributed by atoms with Crippen molar-refractivity contribution in [2.45, 2.75) is 11.3 Å². The molecular weight excluding hydrogens is 260 g/mol. The molecule has 0 aromatic heterocycles. The van der Waals surface area contributed by atoms with Crippen molar-refractivity contribution in [1.82, 2.24) is 0 Å². The Labute approximate surface area is 114 Å². The molecule has 1 aliphatic rings. The predicted molar refractivity (Wildman–Crippen MR) is 77.5 cm³/mol. The summed E-state index contributed by atoms with van der Waals surface area (Å²) in [5.41, 5.74) is 11.1. The third-order valence-corrected chi connectivity index (χ3v) is 4.17. The second kappa shape index (κ2) is 4.28. The smallest absolute Gasteiger partial charge is 0.283 e. The molecule has 0 radical (unpaired) electrons. The average Bonchev–Trinajstić information content (AvgIpc) is 2.73. The van der Waals surface area contributed by atoms with Crippen LogP contribution < -0.4 is 5.73 Å². The number of nitrogens with two attached hydrogens (primary N) is 1. The minimum absolute atomic E-state index is 0.187. The van der Waals surface area contributed by atoms with Gasteiger partial charge in [0.1, 0.15) is 0 Å². The van der Waals surface area contributed by atoms with Gasteiger partial charge in [-0.1, -0.05) is 6.07 Å².